The molecule has 0 bridgehead atoms. The summed E-state index contributed by atoms with van der Waals surface area (Å²) in [5, 5.41) is 4.09. The van der Waals surface area contributed by atoms with Crippen molar-refractivity contribution in [2.75, 3.05) is 0 Å². The first-order chi connectivity index (χ1) is 8.91. The number of rotatable bonds is 10. The maximum atomic E-state index is 4.09. The van der Waals surface area contributed by atoms with Crippen LogP contribution in [0, 0.1) is 0 Å². The quantitative estimate of drug-likeness (QED) is 0.529. The van der Waals surface area contributed by atoms with Crippen LogP contribution in [-0.4, -0.2) is 27.5 Å². The van der Waals surface area contributed by atoms with Gasteiger partial charge < -0.3 is 5.32 Å². The van der Waals surface area contributed by atoms with Gasteiger partial charge in [0.15, 0.2) is 0 Å². The van der Waals surface area contributed by atoms with Crippen molar-refractivity contribution in [3.63, 3.8) is 0 Å². The predicted octanol–water partition coefficient (Wildman–Crippen LogP) is 5.45. The minimum absolute atomic E-state index is 0.777. The van der Waals surface area contributed by atoms with Gasteiger partial charge >= 0.3 is 0 Å². The Morgan fingerprint density at radius 2 is 0.789 bits per heavy atom. The topological polar surface area (TPSA) is 12.0 Å². The summed E-state index contributed by atoms with van der Waals surface area (Å²) in [5.41, 5.74) is 1.55. The van der Waals surface area contributed by atoms with Crippen molar-refractivity contribution in [1.82, 2.24) is 5.32 Å². The molecule has 0 saturated heterocycles. The van der Waals surface area contributed by atoms with Crippen LogP contribution in [0.4, 0.5) is 0 Å². The minimum atomic E-state index is -1.09. The molecule has 0 aliphatic rings. The van der Waals surface area contributed by atoms with E-state index in [0.717, 1.165) is 11.3 Å². The first-order valence-corrected chi connectivity index (χ1v) is 14.1. The van der Waals surface area contributed by atoms with Gasteiger partial charge in [0, 0.05) is 0 Å². The fraction of sp³-hybridized carbons (Fsp3) is 1.00. The Balaban J connectivity index is 4.92. The minimum Gasteiger partial charge on any atom is -0.317 e. The average molecular weight is 302 g/mol. The number of hydrogen-bond donors (Lipinski definition) is 1. The summed E-state index contributed by atoms with van der Waals surface area (Å²) >= 11 is 0. The fourth-order valence-electron chi connectivity index (χ4n) is 4.07. The van der Waals surface area contributed by atoms with E-state index >= 15 is 0 Å². The smallest absolute Gasteiger partial charge is 0.0714 e. The molecule has 0 fully saturated rings. The number of hydrogen-bond acceptors (Lipinski definition) is 1. The zero-order chi connectivity index (χ0) is 15.1. The molecule has 19 heavy (non-hydrogen) atoms. The molecule has 1 N–H and O–H groups in total. The summed E-state index contributed by atoms with van der Waals surface area (Å²) in [4.78, 5) is 0. The summed E-state index contributed by atoms with van der Waals surface area (Å²) in [6.45, 7) is 19.5. The highest BCUT2D eigenvalue weighted by Gasteiger charge is 2.39. The molecule has 0 rings (SSSR count). The lowest BCUT2D eigenvalue weighted by molar-refractivity contribution is 0.612. The molecule has 1 nitrogen and oxygen atoms in total. The first kappa shape index (κ1) is 19.4. The van der Waals surface area contributed by atoms with Crippen molar-refractivity contribution >= 4 is 16.1 Å². The van der Waals surface area contributed by atoms with Crippen LogP contribution in [0.2, 0.25) is 36.3 Å². The zero-order valence-electron chi connectivity index (χ0n) is 14.9. The maximum Gasteiger partial charge on any atom is 0.0714 e. The molecule has 116 valence electrons. The highest BCUT2D eigenvalue weighted by molar-refractivity contribution is 6.82. The maximum absolute atomic E-state index is 4.09. The van der Waals surface area contributed by atoms with Crippen LogP contribution in [0.25, 0.3) is 0 Å². The van der Waals surface area contributed by atoms with E-state index in [9.17, 15) is 0 Å². The summed E-state index contributed by atoms with van der Waals surface area (Å²) in [6, 6.07) is 8.58. The third-order valence-corrected chi connectivity index (χ3v) is 19.0. The van der Waals surface area contributed by atoms with Gasteiger partial charge in [-0.05, 0) is 11.3 Å². The third-order valence-electron chi connectivity index (χ3n) is 6.56. The van der Waals surface area contributed by atoms with Crippen molar-refractivity contribution in [1.29, 1.82) is 0 Å². The van der Waals surface area contributed by atoms with E-state index in [1.54, 1.807) is 0 Å². The second-order valence-corrected chi connectivity index (χ2v) is 17.9. The highest BCUT2D eigenvalue weighted by Crippen LogP contribution is 2.28. The van der Waals surface area contributed by atoms with Gasteiger partial charge in [0.1, 0.15) is 0 Å². The van der Waals surface area contributed by atoms with Gasteiger partial charge in [-0.25, -0.2) is 0 Å². The van der Waals surface area contributed by atoms with Gasteiger partial charge in [-0.15, -0.1) is 0 Å². The van der Waals surface area contributed by atoms with Crippen molar-refractivity contribution in [2.24, 2.45) is 0 Å². The fourth-order valence-corrected chi connectivity index (χ4v) is 12.1. The third kappa shape index (κ3) is 4.18. The molecule has 0 radical (unpaired) electrons. The molecule has 0 aromatic carbocycles. The Bertz CT molecular complexity index is 194. The lowest BCUT2D eigenvalue weighted by atomic mass is 10.6. The van der Waals surface area contributed by atoms with Crippen LogP contribution in [0.1, 0.15) is 55.4 Å². The van der Waals surface area contributed by atoms with E-state index in [4.69, 9.17) is 0 Å². The van der Waals surface area contributed by atoms with E-state index in [0.29, 0.717) is 0 Å². The van der Waals surface area contributed by atoms with Crippen molar-refractivity contribution in [2.45, 2.75) is 103 Å². The molecule has 0 aromatic heterocycles. The standard InChI is InChI=1S/C16H39NSi2/c1-9-18(10-2,11-3)15(7)17-16(8)19(12-4,13-5)14-6/h15-17H,9-14H2,1-8H3. The van der Waals surface area contributed by atoms with Gasteiger partial charge in [0.05, 0.1) is 16.1 Å². The Hall–Kier alpha value is 0.394. The summed E-state index contributed by atoms with van der Waals surface area (Å²) < 4.78 is 0. The molecule has 0 amide bonds. The molecule has 2 atom stereocenters. The van der Waals surface area contributed by atoms with Crippen molar-refractivity contribution < 1.29 is 0 Å². The van der Waals surface area contributed by atoms with Gasteiger partial charge in [-0.1, -0.05) is 91.7 Å². The van der Waals surface area contributed by atoms with E-state index in [1.807, 2.05) is 0 Å². The van der Waals surface area contributed by atoms with Crippen LogP contribution in [0.3, 0.4) is 0 Å². The van der Waals surface area contributed by atoms with Crippen molar-refractivity contribution in [3.05, 3.63) is 0 Å². The van der Waals surface area contributed by atoms with Crippen molar-refractivity contribution in [3.8, 4) is 0 Å². The lowest BCUT2D eigenvalue weighted by Crippen LogP contribution is -2.61. The molecule has 0 aliphatic carbocycles. The van der Waals surface area contributed by atoms with Crippen LogP contribution in [-0.2, 0) is 0 Å². The summed E-state index contributed by atoms with van der Waals surface area (Å²) in [6.07, 6.45) is 0. The van der Waals surface area contributed by atoms with E-state index < -0.39 is 16.1 Å². The van der Waals surface area contributed by atoms with Gasteiger partial charge in [0.2, 0.25) is 0 Å². The largest absolute Gasteiger partial charge is 0.317 e. The van der Waals surface area contributed by atoms with Crippen LogP contribution in [0.5, 0.6) is 0 Å². The highest BCUT2D eigenvalue weighted by atomic mass is 28.3. The molecule has 3 heteroatoms. The molecule has 0 aromatic rings. The van der Waals surface area contributed by atoms with E-state index in [-0.39, 0.29) is 0 Å². The van der Waals surface area contributed by atoms with Gasteiger partial charge in [-0.3, -0.25) is 0 Å². The molecular weight excluding hydrogens is 262 g/mol. The van der Waals surface area contributed by atoms with Gasteiger partial charge in [-0.2, -0.15) is 0 Å². The van der Waals surface area contributed by atoms with Gasteiger partial charge in [0.25, 0.3) is 0 Å². The molecule has 0 aliphatic heterocycles. The van der Waals surface area contributed by atoms with E-state index in [2.05, 4.69) is 60.7 Å². The Labute approximate surface area is 125 Å². The Kier molecular flexibility index (Phi) is 8.81. The Morgan fingerprint density at radius 3 is 0.947 bits per heavy atom. The van der Waals surface area contributed by atoms with Crippen LogP contribution >= 0.6 is 0 Å². The predicted molar refractivity (Wildman–Crippen MR) is 96.5 cm³/mol. The zero-order valence-corrected chi connectivity index (χ0v) is 16.9. The monoisotopic (exact) mass is 301 g/mol. The van der Waals surface area contributed by atoms with Crippen LogP contribution < -0.4 is 5.32 Å². The summed E-state index contributed by atoms with van der Waals surface area (Å²) in [7, 11) is -2.18. The van der Waals surface area contributed by atoms with Crippen LogP contribution in [0.15, 0.2) is 0 Å². The second-order valence-electron chi connectivity index (χ2n) is 6.46. The summed E-state index contributed by atoms with van der Waals surface area (Å²) in [5.74, 6) is 0. The number of nitrogens with one attached hydrogen (secondary N) is 1. The molecule has 0 saturated carbocycles. The SMILES string of the molecule is CC[Si](CC)(CC)C(C)NC(C)[Si](CC)(CC)CC. The molecule has 0 heterocycles. The first-order valence-electron chi connectivity index (χ1n) is 8.67. The molecule has 0 spiro atoms. The average Bonchev–Trinajstić information content (AvgIpc) is 2.44. The normalized spacial score (nSPS) is 16.4. The second kappa shape index (κ2) is 8.63. The molecular formula is C16H39NSi2. The molecule has 2 unspecified atom stereocenters. The lowest BCUT2D eigenvalue weighted by Gasteiger charge is -2.42. The van der Waals surface area contributed by atoms with E-state index in [1.165, 1.54) is 36.3 Å². The Morgan fingerprint density at radius 1 is 0.579 bits per heavy atom.